The molecule has 0 aliphatic rings. The average Bonchev–Trinajstić information content (AvgIpc) is 2.77. The molecular formula is C26H28O4. The van der Waals surface area contributed by atoms with Crippen molar-refractivity contribution >= 4 is 5.97 Å². The van der Waals surface area contributed by atoms with Gasteiger partial charge in [-0.25, -0.2) is 4.79 Å². The highest BCUT2D eigenvalue weighted by Crippen LogP contribution is 2.16. The third kappa shape index (κ3) is 6.75. The summed E-state index contributed by atoms with van der Waals surface area (Å²) in [5.41, 5.74) is 4.75. The number of carboxylic acids is 1. The number of hydrogen-bond donors (Lipinski definition) is 1. The lowest BCUT2D eigenvalue weighted by Gasteiger charge is -2.11. The van der Waals surface area contributed by atoms with Crippen molar-refractivity contribution in [3.05, 3.63) is 101 Å². The van der Waals surface area contributed by atoms with E-state index in [1.54, 1.807) is 0 Å². The zero-order valence-electron chi connectivity index (χ0n) is 17.3. The van der Waals surface area contributed by atoms with Crippen molar-refractivity contribution in [3.8, 4) is 5.75 Å². The minimum atomic E-state index is -0.938. The molecule has 4 heteroatoms. The van der Waals surface area contributed by atoms with Crippen molar-refractivity contribution in [3.63, 3.8) is 0 Å². The monoisotopic (exact) mass is 404 g/mol. The van der Waals surface area contributed by atoms with Crippen molar-refractivity contribution in [2.45, 2.75) is 31.8 Å². The first kappa shape index (κ1) is 21.6. The molecule has 156 valence electrons. The van der Waals surface area contributed by atoms with Gasteiger partial charge in [0, 0.05) is 13.5 Å². The fourth-order valence-electron chi connectivity index (χ4n) is 3.33. The largest absolute Gasteiger partial charge is 0.494 e. The highest BCUT2D eigenvalue weighted by molar-refractivity contribution is 5.72. The minimum absolute atomic E-state index is 0.371. The lowest BCUT2D eigenvalue weighted by Crippen LogP contribution is -2.24. The van der Waals surface area contributed by atoms with Gasteiger partial charge in [-0.05, 0) is 53.6 Å². The Bertz CT molecular complexity index is 902. The smallest absolute Gasteiger partial charge is 0.333 e. The van der Waals surface area contributed by atoms with Crippen molar-refractivity contribution in [2.75, 3.05) is 13.7 Å². The Morgan fingerprint density at radius 3 is 2.07 bits per heavy atom. The second kappa shape index (κ2) is 11.2. The molecule has 0 aliphatic carbocycles. The molecule has 30 heavy (non-hydrogen) atoms. The second-order valence-electron chi connectivity index (χ2n) is 7.34. The van der Waals surface area contributed by atoms with E-state index in [1.165, 1.54) is 23.8 Å². The predicted molar refractivity (Wildman–Crippen MR) is 118 cm³/mol. The van der Waals surface area contributed by atoms with Gasteiger partial charge in [-0.3, -0.25) is 0 Å². The zero-order valence-corrected chi connectivity index (χ0v) is 17.3. The molecule has 1 atom stereocenters. The minimum Gasteiger partial charge on any atom is -0.494 e. The van der Waals surface area contributed by atoms with Gasteiger partial charge in [-0.2, -0.15) is 0 Å². The topological polar surface area (TPSA) is 55.8 Å². The van der Waals surface area contributed by atoms with Crippen LogP contribution in [0.25, 0.3) is 0 Å². The number of carboxylic acid groups (broad SMARTS) is 1. The highest BCUT2D eigenvalue weighted by atomic mass is 16.5. The summed E-state index contributed by atoms with van der Waals surface area (Å²) >= 11 is 0. The van der Waals surface area contributed by atoms with Gasteiger partial charge in [-0.1, -0.05) is 66.7 Å². The predicted octanol–water partition coefficient (Wildman–Crippen LogP) is 4.93. The van der Waals surface area contributed by atoms with Gasteiger partial charge in [0.2, 0.25) is 0 Å². The van der Waals surface area contributed by atoms with Gasteiger partial charge >= 0.3 is 5.97 Å². The summed E-state index contributed by atoms with van der Waals surface area (Å²) in [6, 6.07) is 26.8. The van der Waals surface area contributed by atoms with Crippen LogP contribution in [0.4, 0.5) is 0 Å². The molecule has 4 nitrogen and oxygen atoms in total. The van der Waals surface area contributed by atoms with Crippen molar-refractivity contribution in [2.24, 2.45) is 0 Å². The number of aliphatic carboxylic acids is 1. The molecule has 0 fully saturated rings. The molecule has 0 bridgehead atoms. The summed E-state index contributed by atoms with van der Waals surface area (Å²) < 4.78 is 10.9. The van der Waals surface area contributed by atoms with Gasteiger partial charge in [0.1, 0.15) is 5.75 Å². The van der Waals surface area contributed by atoms with Gasteiger partial charge in [0.15, 0.2) is 6.10 Å². The van der Waals surface area contributed by atoms with Gasteiger partial charge < -0.3 is 14.6 Å². The van der Waals surface area contributed by atoms with Crippen LogP contribution in [0.5, 0.6) is 5.75 Å². The first-order valence-corrected chi connectivity index (χ1v) is 10.2. The van der Waals surface area contributed by atoms with Crippen LogP contribution < -0.4 is 4.74 Å². The molecule has 1 N–H and O–H groups in total. The summed E-state index contributed by atoms with van der Waals surface area (Å²) in [5, 5.41) is 9.07. The molecule has 0 aromatic heterocycles. The van der Waals surface area contributed by atoms with Crippen LogP contribution in [-0.2, 0) is 28.8 Å². The molecule has 0 spiro atoms. The Morgan fingerprint density at radius 1 is 0.833 bits per heavy atom. The maximum Gasteiger partial charge on any atom is 0.333 e. The van der Waals surface area contributed by atoms with Crippen molar-refractivity contribution in [1.29, 1.82) is 0 Å². The second-order valence-corrected chi connectivity index (χ2v) is 7.34. The Morgan fingerprint density at radius 2 is 1.43 bits per heavy atom. The highest BCUT2D eigenvalue weighted by Gasteiger charge is 2.16. The Labute approximate surface area is 178 Å². The normalized spacial score (nSPS) is 11.8. The summed E-state index contributed by atoms with van der Waals surface area (Å²) in [6.07, 6.45) is 2.33. The van der Waals surface area contributed by atoms with E-state index in [2.05, 4.69) is 36.4 Å². The molecular weight excluding hydrogens is 376 g/mol. The van der Waals surface area contributed by atoms with E-state index >= 15 is 0 Å². The number of methoxy groups -OCH3 is 1. The van der Waals surface area contributed by atoms with E-state index in [0.717, 1.165) is 30.6 Å². The number of benzene rings is 3. The number of carbonyl (C=O) groups is 1. The fourth-order valence-corrected chi connectivity index (χ4v) is 3.33. The maximum absolute atomic E-state index is 11.1. The van der Waals surface area contributed by atoms with Crippen molar-refractivity contribution < 1.29 is 19.4 Å². The molecule has 0 saturated heterocycles. The molecule has 0 amide bonds. The molecule has 0 unspecified atom stereocenters. The fraction of sp³-hybridized carbons (Fsp3) is 0.269. The first-order chi connectivity index (χ1) is 14.6. The summed E-state index contributed by atoms with van der Waals surface area (Å²) in [4.78, 5) is 11.1. The van der Waals surface area contributed by atoms with Crippen LogP contribution in [-0.4, -0.2) is 30.9 Å². The van der Waals surface area contributed by atoms with Gasteiger partial charge in [0.25, 0.3) is 0 Å². The van der Waals surface area contributed by atoms with Crippen molar-refractivity contribution in [1.82, 2.24) is 0 Å². The Balaban J connectivity index is 1.40. The zero-order chi connectivity index (χ0) is 21.2. The third-order valence-corrected chi connectivity index (χ3v) is 5.06. The van der Waals surface area contributed by atoms with Crippen LogP contribution in [0.15, 0.2) is 78.9 Å². The molecule has 3 aromatic rings. The molecule has 0 heterocycles. The number of hydrogen-bond acceptors (Lipinski definition) is 3. The standard InChI is InChI=1S/C26H28O4/c1-29-25(26(27)28)19-23-11-9-20(10-12-23)8-5-17-30-24-15-13-22(14-16-24)18-21-6-3-2-4-7-21/h2-4,6-7,9-16,25H,5,8,17-19H2,1H3,(H,27,28)/t25-/m0/s1. The van der Waals surface area contributed by atoms with Crippen LogP contribution >= 0.6 is 0 Å². The van der Waals surface area contributed by atoms with Gasteiger partial charge in [0.05, 0.1) is 6.61 Å². The van der Waals surface area contributed by atoms with Crippen LogP contribution in [0.3, 0.4) is 0 Å². The lowest BCUT2D eigenvalue weighted by atomic mass is 10.0. The molecule has 0 radical (unpaired) electrons. The molecule has 0 aliphatic heterocycles. The Kier molecular flexibility index (Phi) is 8.04. The van der Waals surface area contributed by atoms with E-state index in [4.69, 9.17) is 14.6 Å². The third-order valence-electron chi connectivity index (χ3n) is 5.06. The summed E-state index contributed by atoms with van der Waals surface area (Å²) in [7, 11) is 1.42. The lowest BCUT2D eigenvalue weighted by molar-refractivity contribution is -0.148. The number of rotatable bonds is 11. The van der Waals surface area contributed by atoms with Crippen LogP contribution in [0.2, 0.25) is 0 Å². The summed E-state index contributed by atoms with van der Waals surface area (Å²) in [5.74, 6) is -0.0479. The maximum atomic E-state index is 11.1. The molecule has 0 saturated carbocycles. The Hall–Kier alpha value is -3.11. The van der Waals surface area contributed by atoms with Crippen LogP contribution in [0.1, 0.15) is 28.7 Å². The van der Waals surface area contributed by atoms with E-state index < -0.39 is 12.1 Å². The molecule has 3 aromatic carbocycles. The average molecular weight is 405 g/mol. The quantitative estimate of drug-likeness (QED) is 0.460. The SMILES string of the molecule is CO[C@@H](Cc1ccc(CCCOc2ccc(Cc3ccccc3)cc2)cc1)C(=O)O. The van der Waals surface area contributed by atoms with E-state index in [9.17, 15) is 4.79 Å². The number of ether oxygens (including phenoxy) is 2. The van der Waals surface area contributed by atoms with E-state index in [-0.39, 0.29) is 0 Å². The first-order valence-electron chi connectivity index (χ1n) is 10.2. The van der Waals surface area contributed by atoms with E-state index in [0.29, 0.717) is 13.0 Å². The molecule has 3 rings (SSSR count). The number of aryl methyl sites for hydroxylation is 1. The van der Waals surface area contributed by atoms with E-state index in [1.807, 2.05) is 42.5 Å². The van der Waals surface area contributed by atoms with Gasteiger partial charge in [-0.15, -0.1) is 0 Å². The summed E-state index contributed by atoms with van der Waals surface area (Å²) in [6.45, 7) is 0.657. The van der Waals surface area contributed by atoms with Crippen LogP contribution in [0, 0.1) is 0 Å².